The second-order valence-electron chi connectivity index (χ2n) is 5.14. The number of halogens is 2. The van der Waals surface area contributed by atoms with Gasteiger partial charge in [-0.1, -0.05) is 34.9 Å². The highest BCUT2D eigenvalue weighted by Crippen LogP contribution is 2.39. The molecule has 2 heterocycles. The molecule has 106 valence electrons. The SMILES string of the molecule is C#CC=CCC1OC(C(Br)CC)CC2OC2CC1Cl. The smallest absolute Gasteiger partial charge is 0.0867 e. The highest BCUT2D eigenvalue weighted by Gasteiger charge is 2.46. The molecule has 6 atom stereocenters. The largest absolute Gasteiger partial charge is 0.372 e. The number of epoxide rings is 1. The number of alkyl halides is 2. The number of hydrogen-bond acceptors (Lipinski definition) is 2. The molecule has 0 amide bonds. The van der Waals surface area contributed by atoms with Crippen molar-refractivity contribution >= 4 is 27.5 Å². The fourth-order valence-electron chi connectivity index (χ4n) is 2.53. The van der Waals surface area contributed by atoms with Gasteiger partial charge in [-0.25, -0.2) is 0 Å². The molecule has 19 heavy (non-hydrogen) atoms. The summed E-state index contributed by atoms with van der Waals surface area (Å²) in [6.45, 7) is 2.15. The van der Waals surface area contributed by atoms with Gasteiger partial charge in [-0.3, -0.25) is 0 Å². The lowest BCUT2D eigenvalue weighted by Crippen LogP contribution is -2.37. The van der Waals surface area contributed by atoms with E-state index in [4.69, 9.17) is 27.5 Å². The lowest BCUT2D eigenvalue weighted by atomic mass is 9.99. The van der Waals surface area contributed by atoms with Crippen molar-refractivity contribution in [3.05, 3.63) is 12.2 Å². The van der Waals surface area contributed by atoms with Gasteiger partial charge in [0.05, 0.1) is 29.8 Å². The van der Waals surface area contributed by atoms with Crippen molar-refractivity contribution in [2.45, 2.75) is 67.2 Å². The number of allylic oxidation sites excluding steroid dienone is 1. The van der Waals surface area contributed by atoms with Gasteiger partial charge in [-0.2, -0.15) is 0 Å². The Labute approximate surface area is 129 Å². The molecule has 2 rings (SSSR count). The Morgan fingerprint density at radius 2 is 2.16 bits per heavy atom. The number of rotatable bonds is 4. The molecule has 0 bridgehead atoms. The molecule has 0 aliphatic carbocycles. The molecule has 6 unspecified atom stereocenters. The summed E-state index contributed by atoms with van der Waals surface area (Å²) in [6, 6.07) is 0. The summed E-state index contributed by atoms with van der Waals surface area (Å²) in [7, 11) is 0. The predicted octanol–water partition coefficient (Wildman–Crippen LogP) is 3.66. The van der Waals surface area contributed by atoms with Crippen molar-refractivity contribution in [1.82, 2.24) is 0 Å². The summed E-state index contributed by atoms with van der Waals surface area (Å²) in [5.74, 6) is 2.50. The van der Waals surface area contributed by atoms with Gasteiger partial charge in [0.1, 0.15) is 0 Å². The van der Waals surface area contributed by atoms with Crippen molar-refractivity contribution in [3.63, 3.8) is 0 Å². The Balaban J connectivity index is 2.01. The topological polar surface area (TPSA) is 21.8 Å². The molecular weight excluding hydrogens is 328 g/mol. The van der Waals surface area contributed by atoms with Crippen LogP contribution in [0.3, 0.4) is 0 Å². The Morgan fingerprint density at radius 1 is 1.42 bits per heavy atom. The summed E-state index contributed by atoms with van der Waals surface area (Å²) in [6.07, 6.45) is 13.3. The molecule has 2 aliphatic heterocycles. The average Bonchev–Trinajstić information content (AvgIpc) is 3.11. The van der Waals surface area contributed by atoms with Gasteiger partial charge in [0, 0.05) is 11.2 Å². The number of terminal acetylenes is 1. The van der Waals surface area contributed by atoms with Gasteiger partial charge in [-0.15, -0.1) is 18.0 Å². The molecule has 4 heteroatoms. The molecule has 0 aromatic rings. The van der Waals surface area contributed by atoms with E-state index in [1.165, 1.54) is 0 Å². The average molecular weight is 348 g/mol. The van der Waals surface area contributed by atoms with Crippen LogP contribution in [0.5, 0.6) is 0 Å². The third-order valence-corrected chi connectivity index (χ3v) is 5.43. The molecule has 2 aliphatic rings. The van der Waals surface area contributed by atoms with Crippen LogP contribution in [0.25, 0.3) is 0 Å². The number of hydrogen-bond donors (Lipinski definition) is 0. The molecular formula is C15H20BrClO2. The van der Waals surface area contributed by atoms with Gasteiger partial charge < -0.3 is 9.47 Å². The zero-order valence-corrected chi connectivity index (χ0v) is 13.4. The zero-order chi connectivity index (χ0) is 13.8. The minimum absolute atomic E-state index is 0.00742. The Kier molecular flexibility index (Phi) is 5.77. The van der Waals surface area contributed by atoms with Gasteiger partial charge in [0.15, 0.2) is 0 Å². The lowest BCUT2D eigenvalue weighted by Gasteiger charge is -2.31. The van der Waals surface area contributed by atoms with E-state index in [2.05, 4.69) is 28.8 Å². The second kappa shape index (κ2) is 7.13. The molecule has 2 saturated heterocycles. The highest BCUT2D eigenvalue weighted by atomic mass is 79.9. The molecule has 2 nitrogen and oxygen atoms in total. The lowest BCUT2D eigenvalue weighted by molar-refractivity contribution is -0.0224. The first-order chi connectivity index (χ1) is 9.15. The van der Waals surface area contributed by atoms with Crippen molar-refractivity contribution in [1.29, 1.82) is 0 Å². The van der Waals surface area contributed by atoms with E-state index in [-0.39, 0.29) is 17.6 Å². The molecule has 0 aromatic carbocycles. The van der Waals surface area contributed by atoms with Crippen molar-refractivity contribution < 1.29 is 9.47 Å². The van der Waals surface area contributed by atoms with E-state index in [0.717, 1.165) is 25.7 Å². The van der Waals surface area contributed by atoms with E-state index in [9.17, 15) is 0 Å². The third kappa shape index (κ3) is 4.23. The van der Waals surface area contributed by atoms with Crippen LogP contribution in [0.15, 0.2) is 12.2 Å². The van der Waals surface area contributed by atoms with Crippen LogP contribution >= 0.6 is 27.5 Å². The fourth-order valence-corrected chi connectivity index (χ4v) is 3.21. The summed E-state index contributed by atoms with van der Waals surface area (Å²) >= 11 is 10.2. The van der Waals surface area contributed by atoms with Gasteiger partial charge in [0.25, 0.3) is 0 Å². The molecule has 0 radical (unpaired) electrons. The standard InChI is InChI=1S/C15H20BrClO2/c1-3-5-6-7-12-11(17)8-14-15(19-14)9-13(18-12)10(16)4-2/h1,5-6,10-15H,4,7-9H2,2H3. The van der Waals surface area contributed by atoms with Crippen LogP contribution < -0.4 is 0 Å². The minimum Gasteiger partial charge on any atom is -0.372 e. The predicted molar refractivity (Wildman–Crippen MR) is 81.8 cm³/mol. The second-order valence-corrected chi connectivity index (χ2v) is 6.88. The number of ether oxygens (including phenoxy) is 2. The van der Waals surface area contributed by atoms with E-state index < -0.39 is 0 Å². The van der Waals surface area contributed by atoms with E-state index in [1.54, 1.807) is 6.08 Å². The van der Waals surface area contributed by atoms with Crippen molar-refractivity contribution in [2.75, 3.05) is 0 Å². The van der Waals surface area contributed by atoms with Crippen LogP contribution in [-0.4, -0.2) is 34.6 Å². The molecule has 2 fully saturated rings. The number of fused-ring (bicyclic) bond motifs is 1. The highest BCUT2D eigenvalue weighted by molar-refractivity contribution is 9.09. The van der Waals surface area contributed by atoms with Crippen molar-refractivity contribution in [2.24, 2.45) is 0 Å². The van der Waals surface area contributed by atoms with Crippen LogP contribution in [0.1, 0.15) is 32.6 Å². The Bertz CT molecular complexity index is 366. The molecule has 0 spiro atoms. The molecule has 0 saturated carbocycles. The maximum atomic E-state index is 6.47. The van der Waals surface area contributed by atoms with Crippen LogP contribution in [0, 0.1) is 12.3 Å². The van der Waals surface area contributed by atoms with E-state index in [1.807, 2.05) is 6.08 Å². The summed E-state index contributed by atoms with van der Waals surface area (Å²) < 4.78 is 11.9. The maximum Gasteiger partial charge on any atom is 0.0867 e. The van der Waals surface area contributed by atoms with Crippen LogP contribution in [0.2, 0.25) is 0 Å². The van der Waals surface area contributed by atoms with E-state index >= 15 is 0 Å². The van der Waals surface area contributed by atoms with Crippen molar-refractivity contribution in [3.8, 4) is 12.3 Å². The van der Waals surface area contributed by atoms with Gasteiger partial charge in [-0.05, 0) is 25.3 Å². The summed E-state index contributed by atoms with van der Waals surface area (Å²) in [5.41, 5.74) is 0. The Hall–Kier alpha value is -0.0100. The monoisotopic (exact) mass is 346 g/mol. The van der Waals surface area contributed by atoms with Gasteiger partial charge >= 0.3 is 0 Å². The zero-order valence-electron chi connectivity index (χ0n) is 11.1. The maximum absolute atomic E-state index is 6.47. The van der Waals surface area contributed by atoms with Gasteiger partial charge in [0.2, 0.25) is 0 Å². The quantitative estimate of drug-likeness (QED) is 0.440. The first kappa shape index (κ1) is 15.4. The molecule has 0 N–H and O–H groups in total. The minimum atomic E-state index is -0.0169. The van der Waals surface area contributed by atoms with E-state index in [0.29, 0.717) is 17.0 Å². The first-order valence-corrected chi connectivity index (χ1v) is 8.21. The van der Waals surface area contributed by atoms with Crippen LogP contribution in [-0.2, 0) is 9.47 Å². The first-order valence-electron chi connectivity index (χ1n) is 6.85. The summed E-state index contributed by atoms with van der Waals surface area (Å²) in [5, 5.41) is -0.0169. The fraction of sp³-hybridized carbons (Fsp3) is 0.733. The van der Waals surface area contributed by atoms with Crippen LogP contribution in [0.4, 0.5) is 0 Å². The third-order valence-electron chi connectivity index (χ3n) is 3.74. The normalized spacial score (nSPS) is 40.0. The Morgan fingerprint density at radius 3 is 2.84 bits per heavy atom. The summed E-state index contributed by atoms with van der Waals surface area (Å²) in [4.78, 5) is 0.346. The molecule has 0 aromatic heterocycles.